The lowest BCUT2D eigenvalue weighted by Crippen LogP contribution is -1.99. The number of para-hydroxylation sites is 1. The minimum atomic E-state index is 0.717. The fourth-order valence-electron chi connectivity index (χ4n) is 2.65. The van der Waals surface area contributed by atoms with Crippen molar-refractivity contribution in [2.45, 2.75) is 77.6 Å². The molecule has 0 aromatic heterocycles. The van der Waals surface area contributed by atoms with E-state index in [-0.39, 0.29) is 0 Å². The SMILES string of the molecule is CCCCCCCCCCCCc1cccc(N)c1N. The highest BCUT2D eigenvalue weighted by Gasteiger charge is 2.01. The number of aryl methyl sites for hydroxylation is 1. The number of anilines is 2. The van der Waals surface area contributed by atoms with Gasteiger partial charge in [-0.15, -0.1) is 0 Å². The molecule has 0 aliphatic rings. The van der Waals surface area contributed by atoms with E-state index in [9.17, 15) is 0 Å². The lowest BCUT2D eigenvalue weighted by molar-refractivity contribution is 0.556. The molecule has 0 atom stereocenters. The monoisotopic (exact) mass is 276 g/mol. The zero-order valence-electron chi connectivity index (χ0n) is 13.2. The number of nitrogen functional groups attached to an aromatic ring is 2. The molecule has 0 radical (unpaired) electrons. The molecule has 1 aromatic rings. The first-order chi connectivity index (χ1) is 9.75. The van der Waals surface area contributed by atoms with Crippen LogP contribution in [0.5, 0.6) is 0 Å². The number of hydrogen-bond acceptors (Lipinski definition) is 2. The van der Waals surface area contributed by atoms with Crippen LogP contribution in [-0.2, 0) is 6.42 Å². The van der Waals surface area contributed by atoms with Crippen LogP contribution in [0.1, 0.15) is 76.7 Å². The average Bonchev–Trinajstić information content (AvgIpc) is 2.45. The summed E-state index contributed by atoms with van der Waals surface area (Å²) in [5.41, 5.74) is 14.5. The first-order valence-electron chi connectivity index (χ1n) is 8.38. The molecule has 0 saturated heterocycles. The van der Waals surface area contributed by atoms with Crippen LogP contribution in [0.3, 0.4) is 0 Å². The van der Waals surface area contributed by atoms with Crippen LogP contribution < -0.4 is 11.5 Å². The lowest BCUT2D eigenvalue weighted by atomic mass is 10.0. The van der Waals surface area contributed by atoms with Gasteiger partial charge in [-0.2, -0.15) is 0 Å². The van der Waals surface area contributed by atoms with E-state index in [4.69, 9.17) is 11.5 Å². The van der Waals surface area contributed by atoms with Crippen molar-refractivity contribution in [2.24, 2.45) is 0 Å². The normalized spacial score (nSPS) is 10.8. The molecule has 2 nitrogen and oxygen atoms in total. The maximum Gasteiger partial charge on any atom is 0.0580 e. The predicted molar refractivity (Wildman–Crippen MR) is 90.8 cm³/mol. The highest BCUT2D eigenvalue weighted by Crippen LogP contribution is 2.21. The van der Waals surface area contributed by atoms with Crippen molar-refractivity contribution in [1.82, 2.24) is 0 Å². The first-order valence-corrected chi connectivity index (χ1v) is 8.38. The van der Waals surface area contributed by atoms with Crippen molar-refractivity contribution < 1.29 is 0 Å². The maximum absolute atomic E-state index is 5.98. The van der Waals surface area contributed by atoms with Gasteiger partial charge in [-0.3, -0.25) is 0 Å². The van der Waals surface area contributed by atoms with Gasteiger partial charge in [0.1, 0.15) is 0 Å². The molecular formula is C18H32N2. The van der Waals surface area contributed by atoms with E-state index < -0.39 is 0 Å². The van der Waals surface area contributed by atoms with Gasteiger partial charge in [0.05, 0.1) is 11.4 Å². The van der Waals surface area contributed by atoms with Gasteiger partial charge in [0.2, 0.25) is 0 Å². The number of unbranched alkanes of at least 4 members (excludes halogenated alkanes) is 9. The highest BCUT2D eigenvalue weighted by molar-refractivity contribution is 5.67. The molecule has 2 heteroatoms. The number of benzene rings is 1. The smallest absolute Gasteiger partial charge is 0.0580 e. The van der Waals surface area contributed by atoms with Crippen LogP contribution in [0.25, 0.3) is 0 Å². The average molecular weight is 276 g/mol. The second-order valence-electron chi connectivity index (χ2n) is 5.85. The molecular weight excluding hydrogens is 244 g/mol. The summed E-state index contributed by atoms with van der Waals surface area (Å²) in [5, 5.41) is 0. The largest absolute Gasteiger partial charge is 0.397 e. The van der Waals surface area contributed by atoms with E-state index in [0.717, 1.165) is 17.8 Å². The van der Waals surface area contributed by atoms with Gasteiger partial charge < -0.3 is 11.5 Å². The van der Waals surface area contributed by atoms with E-state index in [2.05, 4.69) is 13.0 Å². The van der Waals surface area contributed by atoms with E-state index in [1.807, 2.05) is 12.1 Å². The van der Waals surface area contributed by atoms with E-state index in [0.29, 0.717) is 0 Å². The maximum atomic E-state index is 5.98. The Balaban J connectivity index is 1.98. The van der Waals surface area contributed by atoms with Crippen LogP contribution in [-0.4, -0.2) is 0 Å². The molecule has 0 amide bonds. The minimum Gasteiger partial charge on any atom is -0.397 e. The third-order valence-corrected chi connectivity index (χ3v) is 4.03. The van der Waals surface area contributed by atoms with Crippen LogP contribution in [0.15, 0.2) is 18.2 Å². The van der Waals surface area contributed by atoms with Crippen molar-refractivity contribution in [3.8, 4) is 0 Å². The standard InChI is InChI=1S/C18H32N2/c1-2-3-4-5-6-7-8-9-10-11-13-16-14-12-15-17(19)18(16)20/h12,14-15H,2-11,13,19-20H2,1H3. The van der Waals surface area contributed by atoms with Gasteiger partial charge >= 0.3 is 0 Å². The molecule has 4 N–H and O–H groups in total. The molecule has 0 aliphatic heterocycles. The molecule has 0 heterocycles. The second-order valence-corrected chi connectivity index (χ2v) is 5.85. The second kappa shape index (κ2) is 10.6. The molecule has 0 aliphatic carbocycles. The molecule has 114 valence electrons. The third-order valence-electron chi connectivity index (χ3n) is 4.03. The summed E-state index contributed by atoms with van der Waals surface area (Å²) in [5.74, 6) is 0. The van der Waals surface area contributed by atoms with Gasteiger partial charge in [0.15, 0.2) is 0 Å². The van der Waals surface area contributed by atoms with Crippen LogP contribution >= 0.6 is 0 Å². The van der Waals surface area contributed by atoms with E-state index in [1.54, 1.807) is 0 Å². The van der Waals surface area contributed by atoms with Gasteiger partial charge in [0, 0.05) is 0 Å². The van der Waals surface area contributed by atoms with Crippen molar-refractivity contribution >= 4 is 11.4 Å². The van der Waals surface area contributed by atoms with E-state index in [1.165, 1.54) is 69.8 Å². The first kappa shape index (κ1) is 16.9. The Morgan fingerprint density at radius 2 is 1.30 bits per heavy atom. The molecule has 0 spiro atoms. The molecule has 0 unspecified atom stereocenters. The van der Waals surface area contributed by atoms with Crippen molar-refractivity contribution in [2.75, 3.05) is 11.5 Å². The Labute approximate surface area is 124 Å². The zero-order valence-corrected chi connectivity index (χ0v) is 13.2. The topological polar surface area (TPSA) is 52.0 Å². The van der Waals surface area contributed by atoms with Crippen molar-refractivity contribution in [1.29, 1.82) is 0 Å². The summed E-state index contributed by atoms with van der Waals surface area (Å²) in [6.45, 7) is 2.27. The molecule has 0 bridgehead atoms. The number of hydrogen-bond donors (Lipinski definition) is 2. The summed E-state index contributed by atoms with van der Waals surface area (Å²) >= 11 is 0. The summed E-state index contributed by atoms with van der Waals surface area (Å²) in [7, 11) is 0. The fourth-order valence-corrected chi connectivity index (χ4v) is 2.65. The Morgan fingerprint density at radius 1 is 0.750 bits per heavy atom. The lowest BCUT2D eigenvalue weighted by Gasteiger charge is -2.07. The van der Waals surface area contributed by atoms with Gasteiger partial charge in [-0.25, -0.2) is 0 Å². The Hall–Kier alpha value is -1.18. The fraction of sp³-hybridized carbons (Fsp3) is 0.667. The molecule has 1 rings (SSSR count). The van der Waals surface area contributed by atoms with Crippen LogP contribution in [0.4, 0.5) is 11.4 Å². The predicted octanol–water partition coefficient (Wildman–Crippen LogP) is 5.31. The van der Waals surface area contributed by atoms with Crippen molar-refractivity contribution in [3.63, 3.8) is 0 Å². The van der Waals surface area contributed by atoms with E-state index >= 15 is 0 Å². The molecule has 1 aromatic carbocycles. The molecule has 0 fully saturated rings. The van der Waals surface area contributed by atoms with Crippen LogP contribution in [0.2, 0.25) is 0 Å². The summed E-state index contributed by atoms with van der Waals surface area (Å²) in [6.07, 6.45) is 14.8. The summed E-state index contributed by atoms with van der Waals surface area (Å²) in [6, 6.07) is 5.97. The van der Waals surface area contributed by atoms with Crippen molar-refractivity contribution in [3.05, 3.63) is 23.8 Å². The number of rotatable bonds is 11. The van der Waals surface area contributed by atoms with Gasteiger partial charge in [-0.05, 0) is 24.5 Å². The Bertz CT molecular complexity index is 360. The third kappa shape index (κ3) is 6.83. The zero-order chi connectivity index (χ0) is 14.6. The molecule has 20 heavy (non-hydrogen) atoms. The Morgan fingerprint density at radius 3 is 1.90 bits per heavy atom. The summed E-state index contributed by atoms with van der Waals surface area (Å²) < 4.78 is 0. The minimum absolute atomic E-state index is 0.717. The molecule has 0 saturated carbocycles. The van der Waals surface area contributed by atoms with Gasteiger partial charge in [0.25, 0.3) is 0 Å². The Kier molecular flexibility index (Phi) is 8.93. The highest BCUT2D eigenvalue weighted by atomic mass is 14.7. The quantitative estimate of drug-likeness (QED) is 0.425. The summed E-state index contributed by atoms with van der Waals surface area (Å²) in [4.78, 5) is 0. The van der Waals surface area contributed by atoms with Gasteiger partial charge in [-0.1, -0.05) is 76.8 Å². The number of nitrogens with two attached hydrogens (primary N) is 2. The van der Waals surface area contributed by atoms with Crippen LogP contribution in [0, 0.1) is 0 Å².